The van der Waals surface area contributed by atoms with E-state index >= 15 is 0 Å². The first-order valence-electron chi connectivity index (χ1n) is 11.5. The van der Waals surface area contributed by atoms with Gasteiger partial charge in [0.05, 0.1) is 26.9 Å². The summed E-state index contributed by atoms with van der Waals surface area (Å²) in [6, 6.07) is 3.25. The molecule has 1 fully saturated rings. The SMILES string of the molecule is COc1cc(C(=O)Nc2sc3c(c2C(=O)N2CCCCC2)CCC(C)C3)cc(OC)c1OC. The Morgan fingerprint density at radius 2 is 1.70 bits per heavy atom. The number of methoxy groups -OCH3 is 3. The fraction of sp³-hybridized carbons (Fsp3) is 0.520. The van der Waals surface area contributed by atoms with Crippen LogP contribution < -0.4 is 19.5 Å². The van der Waals surface area contributed by atoms with Gasteiger partial charge in [-0.1, -0.05) is 6.92 Å². The summed E-state index contributed by atoms with van der Waals surface area (Å²) >= 11 is 1.54. The first-order chi connectivity index (χ1) is 16.0. The highest BCUT2D eigenvalue weighted by molar-refractivity contribution is 7.17. The van der Waals surface area contributed by atoms with Crippen molar-refractivity contribution < 1.29 is 23.8 Å². The first-order valence-corrected chi connectivity index (χ1v) is 12.3. The van der Waals surface area contributed by atoms with Gasteiger partial charge in [0.1, 0.15) is 5.00 Å². The number of ether oxygens (including phenoxy) is 3. The fourth-order valence-corrected chi connectivity index (χ4v) is 6.11. The van der Waals surface area contributed by atoms with Crippen LogP contribution in [0.15, 0.2) is 12.1 Å². The summed E-state index contributed by atoms with van der Waals surface area (Å²) in [7, 11) is 4.56. The van der Waals surface area contributed by atoms with Crippen LogP contribution in [0.2, 0.25) is 0 Å². The van der Waals surface area contributed by atoms with Crippen LogP contribution in [0, 0.1) is 5.92 Å². The molecule has 7 nitrogen and oxygen atoms in total. The lowest BCUT2D eigenvalue weighted by molar-refractivity contribution is 0.0724. The van der Waals surface area contributed by atoms with E-state index < -0.39 is 0 Å². The van der Waals surface area contributed by atoms with Gasteiger partial charge in [0.15, 0.2) is 11.5 Å². The molecule has 178 valence electrons. The molecule has 0 radical (unpaired) electrons. The van der Waals surface area contributed by atoms with Crippen molar-refractivity contribution in [3.8, 4) is 17.2 Å². The number of anilines is 1. The normalized spacial score (nSPS) is 17.8. The number of nitrogens with one attached hydrogen (secondary N) is 1. The summed E-state index contributed by atoms with van der Waals surface area (Å²) in [5.74, 6) is 1.55. The van der Waals surface area contributed by atoms with Gasteiger partial charge in [0.25, 0.3) is 11.8 Å². The van der Waals surface area contributed by atoms with Gasteiger partial charge in [0, 0.05) is 23.5 Å². The van der Waals surface area contributed by atoms with Gasteiger partial charge in [-0.15, -0.1) is 11.3 Å². The summed E-state index contributed by atoms with van der Waals surface area (Å²) in [5.41, 5.74) is 2.18. The van der Waals surface area contributed by atoms with E-state index in [1.54, 1.807) is 23.5 Å². The van der Waals surface area contributed by atoms with E-state index in [4.69, 9.17) is 14.2 Å². The third kappa shape index (κ3) is 4.67. The van der Waals surface area contributed by atoms with Gasteiger partial charge in [-0.3, -0.25) is 9.59 Å². The molecule has 2 aliphatic rings. The molecule has 2 aromatic rings. The first kappa shape index (κ1) is 23.4. The standard InChI is InChI=1S/C25H32N2O5S/c1-15-8-9-17-20(12-15)33-24(21(17)25(29)27-10-6-5-7-11-27)26-23(28)16-13-18(30-2)22(32-4)19(14-16)31-3/h13-15H,5-12H2,1-4H3,(H,26,28). The van der Waals surface area contributed by atoms with Gasteiger partial charge < -0.3 is 24.4 Å². The summed E-state index contributed by atoms with van der Waals surface area (Å²) in [6.07, 6.45) is 6.10. The number of piperidine rings is 1. The van der Waals surface area contributed by atoms with Crippen LogP contribution in [0.1, 0.15) is 63.8 Å². The molecular formula is C25H32N2O5S. The van der Waals surface area contributed by atoms with Crippen LogP contribution in [0.4, 0.5) is 5.00 Å². The highest BCUT2D eigenvalue weighted by atomic mass is 32.1. The lowest BCUT2D eigenvalue weighted by Gasteiger charge is -2.28. The molecule has 1 aliphatic carbocycles. The Kier molecular flexibility index (Phi) is 7.12. The summed E-state index contributed by atoms with van der Waals surface area (Å²) in [5, 5.41) is 3.68. The lowest BCUT2D eigenvalue weighted by Crippen LogP contribution is -2.36. The number of nitrogens with zero attached hydrogens (tertiary/aromatic N) is 1. The summed E-state index contributed by atoms with van der Waals surface area (Å²) < 4.78 is 16.2. The Bertz CT molecular complexity index is 1020. The maximum absolute atomic E-state index is 13.6. The highest BCUT2D eigenvalue weighted by Gasteiger charge is 2.31. The molecule has 1 atom stereocenters. The van der Waals surface area contributed by atoms with Crippen LogP contribution >= 0.6 is 11.3 Å². The maximum Gasteiger partial charge on any atom is 0.257 e. The van der Waals surface area contributed by atoms with Crippen LogP contribution in [-0.4, -0.2) is 51.1 Å². The molecule has 0 bridgehead atoms. The van der Waals surface area contributed by atoms with Crippen molar-refractivity contribution in [3.05, 3.63) is 33.7 Å². The Hall–Kier alpha value is -2.74. The Labute approximate surface area is 199 Å². The fourth-order valence-electron chi connectivity index (χ4n) is 4.71. The van der Waals surface area contributed by atoms with Gasteiger partial charge in [-0.05, 0) is 62.1 Å². The molecule has 1 aliphatic heterocycles. The van der Waals surface area contributed by atoms with E-state index in [2.05, 4.69) is 12.2 Å². The Morgan fingerprint density at radius 3 is 2.30 bits per heavy atom. The van der Waals surface area contributed by atoms with Gasteiger partial charge >= 0.3 is 0 Å². The number of hydrogen-bond donors (Lipinski definition) is 1. The number of benzene rings is 1. The minimum Gasteiger partial charge on any atom is -0.493 e. The molecule has 4 rings (SSSR count). The van der Waals surface area contributed by atoms with E-state index in [9.17, 15) is 9.59 Å². The van der Waals surface area contributed by atoms with Crippen LogP contribution in [0.25, 0.3) is 0 Å². The Balaban J connectivity index is 1.69. The molecule has 1 N–H and O–H groups in total. The lowest BCUT2D eigenvalue weighted by atomic mass is 9.88. The molecule has 1 aromatic heterocycles. The zero-order chi connectivity index (χ0) is 23.5. The molecule has 33 heavy (non-hydrogen) atoms. The second kappa shape index (κ2) is 10.0. The van der Waals surface area contributed by atoms with E-state index in [1.807, 2.05) is 4.90 Å². The van der Waals surface area contributed by atoms with Gasteiger partial charge in [0.2, 0.25) is 5.75 Å². The van der Waals surface area contributed by atoms with Crippen LogP contribution in [0.5, 0.6) is 17.2 Å². The molecule has 2 amide bonds. The van der Waals surface area contributed by atoms with Crippen molar-refractivity contribution in [1.29, 1.82) is 0 Å². The van der Waals surface area contributed by atoms with E-state index in [0.717, 1.165) is 57.2 Å². The number of hydrogen-bond acceptors (Lipinski definition) is 6. The van der Waals surface area contributed by atoms with Crippen molar-refractivity contribution in [1.82, 2.24) is 4.90 Å². The molecule has 1 saturated heterocycles. The second-order valence-corrected chi connectivity index (χ2v) is 9.88. The number of likely N-dealkylation sites (tertiary alicyclic amines) is 1. The molecular weight excluding hydrogens is 440 g/mol. The largest absolute Gasteiger partial charge is 0.493 e. The minimum absolute atomic E-state index is 0.0435. The number of carbonyl (C=O) groups excluding carboxylic acids is 2. The number of amides is 2. The topological polar surface area (TPSA) is 77.1 Å². The monoisotopic (exact) mass is 472 g/mol. The van der Waals surface area contributed by atoms with Gasteiger partial charge in [-0.25, -0.2) is 0 Å². The second-order valence-electron chi connectivity index (χ2n) is 8.78. The summed E-state index contributed by atoms with van der Waals surface area (Å²) in [4.78, 5) is 30.0. The molecule has 8 heteroatoms. The third-order valence-corrected chi connectivity index (χ3v) is 7.69. The van der Waals surface area contributed by atoms with Crippen LogP contribution in [0.3, 0.4) is 0 Å². The van der Waals surface area contributed by atoms with E-state index in [0.29, 0.717) is 39.3 Å². The zero-order valence-electron chi connectivity index (χ0n) is 19.8. The molecule has 2 heterocycles. The average molecular weight is 473 g/mol. The average Bonchev–Trinajstić information content (AvgIpc) is 3.19. The molecule has 1 aromatic carbocycles. The predicted molar refractivity (Wildman–Crippen MR) is 129 cm³/mol. The summed E-state index contributed by atoms with van der Waals surface area (Å²) in [6.45, 7) is 3.79. The smallest absolute Gasteiger partial charge is 0.257 e. The predicted octanol–water partition coefficient (Wildman–Crippen LogP) is 4.78. The van der Waals surface area contributed by atoms with E-state index in [1.165, 1.54) is 26.2 Å². The van der Waals surface area contributed by atoms with Crippen molar-refractivity contribution >= 4 is 28.2 Å². The molecule has 0 saturated carbocycles. The number of carbonyl (C=O) groups is 2. The van der Waals surface area contributed by atoms with Gasteiger partial charge in [-0.2, -0.15) is 0 Å². The Morgan fingerprint density at radius 1 is 1.03 bits per heavy atom. The molecule has 1 unspecified atom stereocenters. The number of fused-ring (bicyclic) bond motifs is 1. The highest BCUT2D eigenvalue weighted by Crippen LogP contribution is 2.42. The van der Waals surface area contributed by atoms with E-state index in [-0.39, 0.29) is 11.8 Å². The van der Waals surface area contributed by atoms with Crippen molar-refractivity contribution in [2.75, 3.05) is 39.7 Å². The number of rotatable bonds is 6. The van der Waals surface area contributed by atoms with Crippen molar-refractivity contribution in [2.24, 2.45) is 5.92 Å². The van der Waals surface area contributed by atoms with Crippen molar-refractivity contribution in [2.45, 2.75) is 45.4 Å². The minimum atomic E-state index is -0.311. The van der Waals surface area contributed by atoms with Crippen molar-refractivity contribution in [3.63, 3.8) is 0 Å². The quantitative estimate of drug-likeness (QED) is 0.655. The van der Waals surface area contributed by atoms with Crippen LogP contribution in [-0.2, 0) is 12.8 Å². The number of thiophene rings is 1. The third-order valence-electron chi connectivity index (χ3n) is 6.52. The zero-order valence-corrected chi connectivity index (χ0v) is 20.6. The molecule has 0 spiro atoms. The maximum atomic E-state index is 13.6.